The zero-order valence-corrected chi connectivity index (χ0v) is 19.9. The normalized spacial score (nSPS) is 10.5. The number of nitrogens with one attached hydrogen (secondary N) is 2. The summed E-state index contributed by atoms with van der Waals surface area (Å²) in [6, 6.07) is 20.1. The lowest BCUT2D eigenvalue weighted by atomic mass is 10.2. The van der Waals surface area contributed by atoms with Crippen molar-refractivity contribution in [2.24, 2.45) is 5.10 Å². The lowest BCUT2D eigenvalue weighted by Gasteiger charge is -2.06. The van der Waals surface area contributed by atoms with Gasteiger partial charge in [-0.25, -0.2) is 10.2 Å². The Bertz CT molecular complexity index is 1180. The third kappa shape index (κ3) is 7.56. The average Bonchev–Trinajstić information content (AvgIpc) is 2.84. The highest BCUT2D eigenvalue weighted by atomic mass is 79.9. The molecule has 0 saturated carbocycles. The van der Waals surface area contributed by atoms with Crippen molar-refractivity contribution in [1.82, 2.24) is 10.7 Å². The summed E-state index contributed by atoms with van der Waals surface area (Å²) in [6.07, 6.45) is 1.44. The number of hydrogen-bond donors (Lipinski definition) is 2. The molecule has 0 heterocycles. The fourth-order valence-corrected chi connectivity index (χ4v) is 3.15. The zero-order valence-electron chi connectivity index (χ0n) is 18.3. The van der Waals surface area contributed by atoms with Gasteiger partial charge in [0.2, 0.25) is 0 Å². The molecule has 174 valence electrons. The van der Waals surface area contributed by atoms with E-state index in [9.17, 15) is 14.4 Å². The topological polar surface area (TPSA) is 106 Å². The Morgan fingerprint density at radius 3 is 2.32 bits per heavy atom. The van der Waals surface area contributed by atoms with E-state index in [4.69, 9.17) is 9.47 Å². The molecule has 3 rings (SSSR count). The number of carbonyl (C=O) groups excluding carboxylic acids is 3. The molecule has 8 nitrogen and oxygen atoms in total. The number of ether oxygens (including phenoxy) is 2. The van der Waals surface area contributed by atoms with Gasteiger partial charge in [-0.05, 0) is 79.2 Å². The molecule has 0 aliphatic carbocycles. The van der Waals surface area contributed by atoms with Crippen LogP contribution in [-0.2, 0) is 4.79 Å². The predicted molar refractivity (Wildman–Crippen MR) is 131 cm³/mol. The van der Waals surface area contributed by atoms with Crippen molar-refractivity contribution in [1.29, 1.82) is 0 Å². The minimum Gasteiger partial charge on any atom is -0.494 e. The van der Waals surface area contributed by atoms with Crippen molar-refractivity contribution in [2.45, 2.75) is 6.92 Å². The van der Waals surface area contributed by atoms with E-state index >= 15 is 0 Å². The Kier molecular flexibility index (Phi) is 8.93. The molecule has 0 unspecified atom stereocenters. The number of rotatable bonds is 9. The summed E-state index contributed by atoms with van der Waals surface area (Å²) in [5.41, 5.74) is 3.87. The van der Waals surface area contributed by atoms with Gasteiger partial charge in [-0.15, -0.1) is 0 Å². The molecule has 0 spiro atoms. The molecule has 0 bridgehead atoms. The maximum atomic E-state index is 12.2. The van der Waals surface area contributed by atoms with Crippen LogP contribution in [0, 0.1) is 0 Å². The molecule has 0 fully saturated rings. The van der Waals surface area contributed by atoms with Gasteiger partial charge in [0.15, 0.2) is 0 Å². The Hall–Kier alpha value is -3.98. The monoisotopic (exact) mass is 523 g/mol. The van der Waals surface area contributed by atoms with Gasteiger partial charge < -0.3 is 14.8 Å². The molecule has 0 aromatic heterocycles. The maximum Gasteiger partial charge on any atom is 0.343 e. The highest BCUT2D eigenvalue weighted by Crippen LogP contribution is 2.16. The van der Waals surface area contributed by atoms with Crippen molar-refractivity contribution < 1.29 is 23.9 Å². The fraction of sp³-hybridized carbons (Fsp3) is 0.120. The number of halogens is 1. The van der Waals surface area contributed by atoms with Crippen LogP contribution in [0.25, 0.3) is 0 Å². The number of hydrogen-bond acceptors (Lipinski definition) is 6. The highest BCUT2D eigenvalue weighted by Gasteiger charge is 2.09. The average molecular weight is 524 g/mol. The van der Waals surface area contributed by atoms with Gasteiger partial charge in [-0.2, -0.15) is 5.10 Å². The van der Waals surface area contributed by atoms with E-state index in [-0.39, 0.29) is 12.5 Å². The van der Waals surface area contributed by atoms with Crippen molar-refractivity contribution in [3.8, 4) is 11.5 Å². The van der Waals surface area contributed by atoms with Crippen molar-refractivity contribution in [3.63, 3.8) is 0 Å². The molecule has 3 aromatic carbocycles. The number of hydrazone groups is 1. The third-order valence-corrected chi connectivity index (χ3v) is 4.88. The van der Waals surface area contributed by atoms with Gasteiger partial charge >= 0.3 is 5.97 Å². The van der Waals surface area contributed by atoms with Gasteiger partial charge in [0, 0.05) is 10.0 Å². The largest absolute Gasteiger partial charge is 0.494 e. The lowest BCUT2D eigenvalue weighted by molar-refractivity contribution is -0.120. The Labute approximate surface area is 205 Å². The predicted octanol–water partition coefficient (Wildman–Crippen LogP) is 3.95. The van der Waals surface area contributed by atoms with Gasteiger partial charge in [0.05, 0.1) is 24.9 Å². The second kappa shape index (κ2) is 12.3. The molecule has 0 radical (unpaired) electrons. The number of esters is 1. The lowest BCUT2D eigenvalue weighted by Crippen LogP contribution is -2.34. The summed E-state index contributed by atoms with van der Waals surface area (Å²) in [6.45, 7) is 2.18. The highest BCUT2D eigenvalue weighted by molar-refractivity contribution is 9.10. The molecule has 0 saturated heterocycles. The van der Waals surface area contributed by atoms with Gasteiger partial charge in [-0.3, -0.25) is 9.59 Å². The summed E-state index contributed by atoms with van der Waals surface area (Å²) in [7, 11) is 0. The Morgan fingerprint density at radius 1 is 0.941 bits per heavy atom. The van der Waals surface area contributed by atoms with Gasteiger partial charge in [-0.1, -0.05) is 22.0 Å². The zero-order chi connectivity index (χ0) is 24.3. The molecule has 0 atom stereocenters. The summed E-state index contributed by atoms with van der Waals surface area (Å²) < 4.78 is 11.5. The summed E-state index contributed by atoms with van der Waals surface area (Å²) in [5, 5.41) is 6.39. The van der Waals surface area contributed by atoms with E-state index in [0.717, 1.165) is 4.47 Å². The maximum absolute atomic E-state index is 12.2. The van der Waals surface area contributed by atoms with Crippen LogP contribution >= 0.6 is 15.9 Å². The van der Waals surface area contributed by atoms with Crippen LogP contribution in [0.15, 0.2) is 82.4 Å². The van der Waals surface area contributed by atoms with Crippen LogP contribution in [0.1, 0.15) is 33.2 Å². The molecule has 34 heavy (non-hydrogen) atoms. The van der Waals surface area contributed by atoms with E-state index < -0.39 is 11.9 Å². The van der Waals surface area contributed by atoms with E-state index in [0.29, 0.717) is 34.8 Å². The standard InChI is InChI=1S/C25H22BrN3O5/c1-2-33-21-12-8-18(9-13-21)24(31)27-16-23(30)29-28-15-17-6-10-22(11-7-17)34-25(32)19-4-3-5-20(26)14-19/h3-15H,2,16H2,1H3,(H,27,31)(H,29,30)/b28-15-. The molecule has 0 aliphatic heterocycles. The van der Waals surface area contributed by atoms with Crippen LogP contribution in [-0.4, -0.2) is 37.1 Å². The smallest absolute Gasteiger partial charge is 0.343 e. The van der Waals surface area contributed by atoms with E-state index in [1.165, 1.54) is 6.21 Å². The molecule has 2 amide bonds. The molecule has 9 heteroatoms. The second-order valence-electron chi connectivity index (χ2n) is 6.90. The van der Waals surface area contributed by atoms with Crippen LogP contribution in [0.4, 0.5) is 0 Å². The molecule has 3 aromatic rings. The van der Waals surface area contributed by atoms with Crippen LogP contribution < -0.4 is 20.2 Å². The first-order chi connectivity index (χ1) is 16.4. The van der Waals surface area contributed by atoms with E-state index in [1.54, 1.807) is 66.7 Å². The van der Waals surface area contributed by atoms with E-state index in [2.05, 4.69) is 31.8 Å². The second-order valence-corrected chi connectivity index (χ2v) is 7.82. The minimum atomic E-state index is -0.477. The molecular formula is C25H22BrN3O5. The van der Waals surface area contributed by atoms with Crippen LogP contribution in [0.2, 0.25) is 0 Å². The molecule has 0 aliphatic rings. The number of carbonyl (C=O) groups is 3. The number of benzene rings is 3. The first kappa shape index (κ1) is 24.7. The Balaban J connectivity index is 1.43. The Morgan fingerprint density at radius 2 is 1.65 bits per heavy atom. The van der Waals surface area contributed by atoms with Crippen LogP contribution in [0.3, 0.4) is 0 Å². The summed E-state index contributed by atoms with van der Waals surface area (Å²) in [5.74, 6) is -0.280. The van der Waals surface area contributed by atoms with E-state index in [1.807, 2.05) is 13.0 Å². The fourth-order valence-electron chi connectivity index (χ4n) is 2.75. The van der Waals surface area contributed by atoms with Crippen molar-refractivity contribution >= 4 is 39.9 Å². The third-order valence-electron chi connectivity index (χ3n) is 4.39. The van der Waals surface area contributed by atoms with Crippen LogP contribution in [0.5, 0.6) is 11.5 Å². The SMILES string of the molecule is CCOc1ccc(C(=O)NCC(=O)N/N=C\c2ccc(OC(=O)c3cccc(Br)c3)cc2)cc1. The quantitative estimate of drug-likeness (QED) is 0.191. The van der Waals surface area contributed by atoms with Crippen molar-refractivity contribution in [3.05, 3.63) is 94.0 Å². The minimum absolute atomic E-state index is 0.228. The summed E-state index contributed by atoms with van der Waals surface area (Å²) in [4.78, 5) is 36.2. The first-order valence-electron chi connectivity index (χ1n) is 10.4. The number of nitrogens with zero attached hydrogens (tertiary/aromatic N) is 1. The van der Waals surface area contributed by atoms with Gasteiger partial charge in [0.1, 0.15) is 11.5 Å². The van der Waals surface area contributed by atoms with Gasteiger partial charge in [0.25, 0.3) is 11.8 Å². The first-order valence-corrected chi connectivity index (χ1v) is 11.1. The molecule has 2 N–H and O–H groups in total. The molecular weight excluding hydrogens is 502 g/mol. The summed E-state index contributed by atoms with van der Waals surface area (Å²) >= 11 is 3.32. The van der Waals surface area contributed by atoms with Crippen molar-refractivity contribution in [2.75, 3.05) is 13.2 Å². The number of amides is 2.